The van der Waals surface area contributed by atoms with Gasteiger partial charge in [0.25, 0.3) is 0 Å². The molecular formula is C88H102F6N6O19S2. The fourth-order valence-electron chi connectivity index (χ4n) is 12.0. The van der Waals surface area contributed by atoms with Crippen LogP contribution >= 0.6 is 23.5 Å². The molecule has 2 heterocycles. The van der Waals surface area contributed by atoms with E-state index in [9.17, 15) is 8.78 Å². The second-order valence-electron chi connectivity index (χ2n) is 26.2. The minimum Gasteiger partial charge on any atom is -0.494 e. The summed E-state index contributed by atoms with van der Waals surface area (Å²) in [5.74, 6) is 0.253. The van der Waals surface area contributed by atoms with Crippen LogP contribution in [0.2, 0.25) is 0 Å². The summed E-state index contributed by atoms with van der Waals surface area (Å²) in [5.41, 5.74) is 4.13. The molecule has 121 heavy (non-hydrogen) atoms. The molecule has 0 saturated carbocycles. The van der Waals surface area contributed by atoms with Gasteiger partial charge in [0, 0.05) is 72.4 Å². The van der Waals surface area contributed by atoms with Gasteiger partial charge in [-0.05, 0) is 119 Å². The largest absolute Gasteiger partial charge is 0.494 e. The van der Waals surface area contributed by atoms with E-state index in [1.807, 2.05) is 36.0 Å². The molecule has 0 fully saturated rings. The Bertz CT molecular complexity index is 4450. The first-order valence-electron chi connectivity index (χ1n) is 38.9. The summed E-state index contributed by atoms with van der Waals surface area (Å²) >= 11 is 2.24. The Balaban J connectivity index is 0.473. The van der Waals surface area contributed by atoms with Gasteiger partial charge < -0.3 is 99.8 Å². The second kappa shape index (κ2) is 50.4. The maximum Gasteiger partial charge on any atom is 0.174 e. The fourth-order valence-corrected chi connectivity index (χ4v) is 14.0. The van der Waals surface area contributed by atoms with Crippen molar-refractivity contribution in [3.8, 4) is 79.6 Å². The van der Waals surface area contributed by atoms with Crippen molar-refractivity contribution in [1.82, 2.24) is 19.1 Å². The van der Waals surface area contributed by atoms with Crippen molar-refractivity contribution in [2.24, 2.45) is 0 Å². The van der Waals surface area contributed by atoms with Gasteiger partial charge in [0.1, 0.15) is 59.6 Å². The predicted molar refractivity (Wildman–Crippen MR) is 448 cm³/mol. The lowest BCUT2D eigenvalue weighted by Gasteiger charge is -2.23. The molecule has 2 aromatic heterocycles. The minimum absolute atomic E-state index is 0.0145. The quantitative estimate of drug-likeness (QED) is 0.0197. The molecule has 0 unspecified atom stereocenters. The van der Waals surface area contributed by atoms with E-state index in [0.717, 1.165) is 34.9 Å². The molecular weight excluding hydrogens is 1620 g/mol. The summed E-state index contributed by atoms with van der Waals surface area (Å²) in [6, 6.07) is 38.6. The molecule has 0 aliphatic heterocycles. The number of aromatic nitrogens is 4. The van der Waals surface area contributed by atoms with Crippen LogP contribution in [0.3, 0.4) is 0 Å². The molecule has 0 spiro atoms. The topological polar surface area (TPSA) is 217 Å². The molecule has 0 amide bonds. The van der Waals surface area contributed by atoms with Crippen molar-refractivity contribution in [3.63, 3.8) is 0 Å². The van der Waals surface area contributed by atoms with Crippen LogP contribution in [0.5, 0.6) is 46.0 Å². The minimum atomic E-state index is -0.719. The van der Waals surface area contributed by atoms with Crippen molar-refractivity contribution in [2.75, 3.05) is 225 Å². The number of rotatable bonds is 58. The van der Waals surface area contributed by atoms with Crippen molar-refractivity contribution < 1.29 is 116 Å². The Labute approximate surface area is 709 Å². The first kappa shape index (κ1) is 93.3. The van der Waals surface area contributed by atoms with E-state index in [1.165, 1.54) is 62.8 Å². The first-order chi connectivity index (χ1) is 59.1. The van der Waals surface area contributed by atoms with Crippen LogP contribution in [-0.4, -0.2) is 234 Å². The highest BCUT2D eigenvalue weighted by atomic mass is 32.2. The second-order valence-corrected chi connectivity index (χ2v) is 28.1. The number of hydrogen-bond donors (Lipinski definition) is 0. The standard InChI is InChI=1S/C88H102F6N6O19S2/c1-97(65-15-23-79(101-3)83(53-65)105-7)85-57-95-87(99(85)67-13-21-73(89)81(55-67)103-5)120-59-71-75(91)49-63(50-76(71)92)61-9-17-69(18-10-61)118-47-45-116-43-41-114-39-37-112-35-33-110-31-29-108-27-25-107-26-28-109-30-32-111-34-36-113-38-40-115-42-44-117-46-48-119-70-19-11-62(12-20-70)64-51-77(93)72(78(94)52-64)60-121-88-96-58-86(100(88)68-14-22-74(90)82(56-68)104-6)98(2)66-16-24-80(102-4)84(54-66)106-8/h9-24,49-58H,25-48,59-60H2,1-8H3. The van der Waals surface area contributed by atoms with Gasteiger partial charge in [-0.1, -0.05) is 47.8 Å². The van der Waals surface area contributed by atoms with Gasteiger partial charge in [-0.3, -0.25) is 9.13 Å². The molecule has 25 nitrogen and oxygen atoms in total. The van der Waals surface area contributed by atoms with Gasteiger partial charge in [0.2, 0.25) is 0 Å². The normalized spacial score (nSPS) is 11.4. The molecule has 0 aliphatic carbocycles. The van der Waals surface area contributed by atoms with Gasteiger partial charge in [-0.15, -0.1) is 0 Å². The molecule has 10 rings (SSSR count). The number of imidazole rings is 2. The number of halogens is 6. The maximum absolute atomic E-state index is 15.8. The zero-order chi connectivity index (χ0) is 85.5. The third-order valence-electron chi connectivity index (χ3n) is 18.5. The Morgan fingerprint density at radius 3 is 0.826 bits per heavy atom. The molecule has 0 radical (unpaired) electrons. The van der Waals surface area contributed by atoms with Gasteiger partial charge in [-0.2, -0.15) is 0 Å². The van der Waals surface area contributed by atoms with Crippen molar-refractivity contribution in [1.29, 1.82) is 0 Å². The van der Waals surface area contributed by atoms with Crippen molar-refractivity contribution >= 4 is 46.5 Å². The number of nitrogens with zero attached hydrogens (tertiary/aromatic N) is 6. The van der Waals surface area contributed by atoms with Crippen molar-refractivity contribution in [2.45, 2.75) is 21.8 Å². The lowest BCUT2D eigenvalue weighted by molar-refractivity contribution is -0.0279. The summed E-state index contributed by atoms with van der Waals surface area (Å²) in [6.07, 6.45) is 3.25. The van der Waals surface area contributed by atoms with Crippen LogP contribution in [0, 0.1) is 34.9 Å². The van der Waals surface area contributed by atoms with Gasteiger partial charge >= 0.3 is 0 Å². The number of thioether (sulfide) groups is 2. The Kier molecular flexibility index (Phi) is 38.9. The molecule has 8 aromatic carbocycles. The molecule has 33 heteroatoms. The molecule has 0 aliphatic rings. The van der Waals surface area contributed by atoms with E-state index in [0.29, 0.717) is 235 Å². The highest BCUT2D eigenvalue weighted by Gasteiger charge is 2.25. The summed E-state index contributed by atoms with van der Waals surface area (Å²) < 4.78 is 202. The van der Waals surface area contributed by atoms with E-state index in [-0.39, 0.29) is 47.3 Å². The highest BCUT2D eigenvalue weighted by molar-refractivity contribution is 7.98. The molecule has 0 atom stereocenters. The maximum atomic E-state index is 15.8. The highest BCUT2D eigenvalue weighted by Crippen LogP contribution is 2.42. The first-order valence-corrected chi connectivity index (χ1v) is 40.9. The summed E-state index contributed by atoms with van der Waals surface area (Å²) in [5, 5.41) is 0.794. The summed E-state index contributed by atoms with van der Waals surface area (Å²) in [4.78, 5) is 13.0. The average Bonchev–Trinajstić information content (AvgIpc) is 1.65. The van der Waals surface area contributed by atoms with Crippen LogP contribution in [-0.2, 0) is 63.6 Å². The van der Waals surface area contributed by atoms with E-state index < -0.39 is 34.9 Å². The monoisotopic (exact) mass is 1720 g/mol. The zero-order valence-corrected chi connectivity index (χ0v) is 70.6. The third-order valence-corrected chi connectivity index (χ3v) is 20.4. The van der Waals surface area contributed by atoms with Crippen LogP contribution in [0.4, 0.5) is 49.4 Å². The molecule has 652 valence electrons. The Morgan fingerprint density at radius 1 is 0.281 bits per heavy atom. The smallest absolute Gasteiger partial charge is 0.174 e. The molecule has 0 saturated heterocycles. The van der Waals surface area contributed by atoms with Crippen LogP contribution in [0.1, 0.15) is 11.1 Å². The number of ether oxygens (including phenoxy) is 19. The lowest BCUT2D eigenvalue weighted by atomic mass is 10.0. The lowest BCUT2D eigenvalue weighted by Crippen LogP contribution is -2.15. The number of benzene rings is 8. The van der Waals surface area contributed by atoms with Crippen molar-refractivity contribution in [3.05, 3.63) is 204 Å². The van der Waals surface area contributed by atoms with Gasteiger partial charge in [0.05, 0.1) is 212 Å². The van der Waals surface area contributed by atoms with Gasteiger partial charge in [-0.25, -0.2) is 36.3 Å². The average molecular weight is 1730 g/mol. The third kappa shape index (κ3) is 28.0. The number of anilines is 4. The van der Waals surface area contributed by atoms with Gasteiger partial charge in [0.15, 0.2) is 56.4 Å². The van der Waals surface area contributed by atoms with E-state index in [4.69, 9.17) is 90.0 Å². The van der Waals surface area contributed by atoms with E-state index in [1.54, 1.807) is 135 Å². The number of methoxy groups -OCH3 is 6. The SMILES string of the molecule is COc1cc(-n2c(N(C)c3ccc(OC)c(OC)c3)cnc2SCc2c(F)cc(-c3ccc(OCCOCCOCCOCCOCCOCCOCCOCCOCCOCCOCCOCCOc4ccc(-c5cc(F)c(CSc6ncc(N(C)c7ccc(OC)c(OC)c7)n6-c6ccc(F)c(OC)c6)c(F)c5)cc4)cc3)cc2F)ccc1F. The fraction of sp³-hybridized carbons (Fsp3) is 0.386. The predicted octanol–water partition coefficient (Wildman–Crippen LogP) is 16.0. The summed E-state index contributed by atoms with van der Waals surface area (Å²) in [7, 11) is 12.6. The van der Waals surface area contributed by atoms with E-state index >= 15 is 17.6 Å². The Hall–Kier alpha value is -9.98. The molecule has 10 aromatic rings. The van der Waals surface area contributed by atoms with Crippen LogP contribution in [0.15, 0.2) is 168 Å². The van der Waals surface area contributed by atoms with Crippen LogP contribution in [0.25, 0.3) is 33.6 Å². The van der Waals surface area contributed by atoms with Crippen LogP contribution < -0.4 is 47.7 Å². The Morgan fingerprint density at radius 2 is 0.554 bits per heavy atom. The number of hydrogen-bond acceptors (Lipinski definition) is 25. The van der Waals surface area contributed by atoms with E-state index in [2.05, 4.69) is 9.97 Å². The zero-order valence-electron chi connectivity index (χ0n) is 68.9. The summed E-state index contributed by atoms with van der Waals surface area (Å²) in [6.45, 7) is 9.46. The molecule has 0 N–H and O–H groups in total. The molecule has 0 bridgehead atoms.